The molecule has 1 aliphatic rings. The highest BCUT2D eigenvalue weighted by Crippen LogP contribution is 2.27. The number of amides is 1. The van der Waals surface area contributed by atoms with Crippen molar-refractivity contribution in [3.63, 3.8) is 0 Å². The largest absolute Gasteiger partial charge is 0.477 e. The second-order valence-corrected chi connectivity index (χ2v) is 5.77. The number of benzene rings is 1. The van der Waals surface area contributed by atoms with Crippen molar-refractivity contribution in [2.75, 3.05) is 13.2 Å². The fourth-order valence-corrected chi connectivity index (χ4v) is 2.79. The second kappa shape index (κ2) is 6.80. The maximum atomic E-state index is 12.9. The fraction of sp³-hybridized carbons (Fsp3) is 0.278. The minimum atomic E-state index is -1.11. The molecule has 1 fully saturated rings. The Labute approximate surface area is 139 Å². The molecule has 1 saturated heterocycles. The third kappa shape index (κ3) is 3.28. The van der Waals surface area contributed by atoms with Gasteiger partial charge in [-0.1, -0.05) is 30.3 Å². The molecule has 2 heterocycles. The van der Waals surface area contributed by atoms with Crippen LogP contribution in [0.4, 0.5) is 0 Å². The molecule has 1 aromatic carbocycles. The summed E-state index contributed by atoms with van der Waals surface area (Å²) in [6, 6.07) is 12.4. The summed E-state index contributed by atoms with van der Waals surface area (Å²) >= 11 is 0. The summed E-state index contributed by atoms with van der Waals surface area (Å²) in [7, 11) is 0. The summed E-state index contributed by atoms with van der Waals surface area (Å²) in [5.74, 6) is -1.29. The summed E-state index contributed by atoms with van der Waals surface area (Å²) in [5, 5.41) is 8.91. The van der Waals surface area contributed by atoms with E-state index >= 15 is 0 Å². The van der Waals surface area contributed by atoms with Gasteiger partial charge in [-0.15, -0.1) is 0 Å². The van der Waals surface area contributed by atoms with E-state index in [0.29, 0.717) is 18.7 Å². The van der Waals surface area contributed by atoms with Crippen LogP contribution in [-0.4, -0.2) is 46.1 Å². The molecule has 2 atom stereocenters. The maximum absolute atomic E-state index is 12.9. The maximum Gasteiger partial charge on any atom is 0.354 e. The molecule has 0 aliphatic carbocycles. The minimum absolute atomic E-state index is 0.0554. The monoisotopic (exact) mass is 326 g/mol. The van der Waals surface area contributed by atoms with E-state index < -0.39 is 5.97 Å². The summed E-state index contributed by atoms with van der Waals surface area (Å²) in [6.45, 7) is 2.82. The first-order chi connectivity index (χ1) is 11.6. The Morgan fingerprint density at radius 1 is 1.21 bits per heavy atom. The number of ether oxygens (including phenoxy) is 1. The Hall–Kier alpha value is -2.73. The van der Waals surface area contributed by atoms with Crippen molar-refractivity contribution >= 4 is 11.9 Å². The highest BCUT2D eigenvalue weighted by Gasteiger charge is 2.32. The van der Waals surface area contributed by atoms with Gasteiger partial charge < -0.3 is 14.7 Å². The zero-order chi connectivity index (χ0) is 17.1. The second-order valence-electron chi connectivity index (χ2n) is 5.77. The number of aromatic nitrogens is 1. The molecule has 1 aromatic heterocycles. The van der Waals surface area contributed by atoms with E-state index in [1.54, 1.807) is 4.90 Å². The molecule has 1 N–H and O–H groups in total. The third-order valence-corrected chi connectivity index (χ3v) is 4.04. The van der Waals surface area contributed by atoms with Crippen LogP contribution in [0, 0.1) is 0 Å². The standard InChI is InChI=1S/C18H18N2O4/c1-12-10-20(16(11-24-12)13-5-3-2-4-6-13)17(21)14-7-8-15(18(22)23)19-9-14/h2-9,12,16H,10-11H2,1H3,(H,22,23). The van der Waals surface area contributed by atoms with E-state index in [0.717, 1.165) is 5.56 Å². The van der Waals surface area contributed by atoms with Gasteiger partial charge in [-0.05, 0) is 24.6 Å². The van der Waals surface area contributed by atoms with Crippen molar-refractivity contribution in [1.29, 1.82) is 0 Å². The molecule has 6 heteroatoms. The number of carboxylic acids is 1. The normalized spacial score (nSPS) is 20.6. The van der Waals surface area contributed by atoms with Gasteiger partial charge in [0.25, 0.3) is 5.91 Å². The van der Waals surface area contributed by atoms with Gasteiger partial charge in [0.2, 0.25) is 0 Å². The molecule has 1 aliphatic heterocycles. The smallest absolute Gasteiger partial charge is 0.354 e. The molecule has 0 radical (unpaired) electrons. The Morgan fingerprint density at radius 2 is 1.96 bits per heavy atom. The predicted octanol–water partition coefficient (Wildman–Crippen LogP) is 2.38. The van der Waals surface area contributed by atoms with E-state index in [-0.39, 0.29) is 23.7 Å². The quantitative estimate of drug-likeness (QED) is 0.937. The summed E-state index contributed by atoms with van der Waals surface area (Å²) in [6.07, 6.45) is 1.26. The van der Waals surface area contributed by atoms with Crippen LogP contribution < -0.4 is 0 Å². The van der Waals surface area contributed by atoms with Gasteiger partial charge in [0.15, 0.2) is 0 Å². The van der Waals surface area contributed by atoms with Gasteiger partial charge in [0.1, 0.15) is 5.69 Å². The lowest BCUT2D eigenvalue weighted by atomic mass is 10.0. The zero-order valence-electron chi connectivity index (χ0n) is 13.3. The number of carbonyl (C=O) groups is 2. The SMILES string of the molecule is CC1CN(C(=O)c2ccc(C(=O)O)nc2)C(c2ccccc2)CO1. The van der Waals surface area contributed by atoms with Crippen LogP contribution >= 0.6 is 0 Å². The predicted molar refractivity (Wildman–Crippen MR) is 86.8 cm³/mol. The van der Waals surface area contributed by atoms with Crippen molar-refractivity contribution in [3.8, 4) is 0 Å². The molecule has 3 rings (SSSR count). The van der Waals surface area contributed by atoms with Crippen molar-refractivity contribution in [2.24, 2.45) is 0 Å². The van der Waals surface area contributed by atoms with Crippen LogP contribution in [-0.2, 0) is 4.74 Å². The number of nitrogens with zero attached hydrogens (tertiary/aromatic N) is 2. The van der Waals surface area contributed by atoms with Crippen LogP contribution in [0.3, 0.4) is 0 Å². The van der Waals surface area contributed by atoms with Crippen LogP contribution in [0.5, 0.6) is 0 Å². The third-order valence-electron chi connectivity index (χ3n) is 4.04. The fourth-order valence-electron chi connectivity index (χ4n) is 2.79. The molecule has 0 saturated carbocycles. The van der Waals surface area contributed by atoms with Gasteiger partial charge in [-0.3, -0.25) is 4.79 Å². The van der Waals surface area contributed by atoms with E-state index in [4.69, 9.17) is 9.84 Å². The molecule has 2 unspecified atom stereocenters. The van der Waals surface area contributed by atoms with Gasteiger partial charge >= 0.3 is 5.97 Å². The molecular formula is C18H18N2O4. The van der Waals surface area contributed by atoms with Gasteiger partial charge in [-0.25, -0.2) is 9.78 Å². The molecule has 0 spiro atoms. The van der Waals surface area contributed by atoms with Crippen LogP contribution in [0.25, 0.3) is 0 Å². The minimum Gasteiger partial charge on any atom is -0.477 e. The Bertz CT molecular complexity index is 730. The lowest BCUT2D eigenvalue weighted by Crippen LogP contribution is -2.46. The summed E-state index contributed by atoms with van der Waals surface area (Å²) in [5.41, 5.74) is 1.30. The first kappa shape index (κ1) is 16.1. The van der Waals surface area contributed by atoms with Crippen molar-refractivity contribution < 1.29 is 19.4 Å². The van der Waals surface area contributed by atoms with E-state index in [1.165, 1.54) is 18.3 Å². The van der Waals surface area contributed by atoms with E-state index in [1.807, 2.05) is 37.3 Å². The van der Waals surface area contributed by atoms with Crippen LogP contribution in [0.1, 0.15) is 39.4 Å². The molecule has 6 nitrogen and oxygen atoms in total. The van der Waals surface area contributed by atoms with Gasteiger partial charge in [-0.2, -0.15) is 0 Å². The number of rotatable bonds is 3. The highest BCUT2D eigenvalue weighted by molar-refractivity contribution is 5.95. The Kier molecular flexibility index (Phi) is 4.57. The van der Waals surface area contributed by atoms with Gasteiger partial charge in [0, 0.05) is 12.7 Å². The average Bonchev–Trinajstić information content (AvgIpc) is 2.62. The number of morpholine rings is 1. The van der Waals surface area contributed by atoms with Crippen molar-refractivity contribution in [3.05, 3.63) is 65.5 Å². The number of carbonyl (C=O) groups excluding carboxylic acids is 1. The van der Waals surface area contributed by atoms with Crippen molar-refractivity contribution in [2.45, 2.75) is 19.1 Å². The van der Waals surface area contributed by atoms with Gasteiger partial charge in [0.05, 0.1) is 24.3 Å². The number of aromatic carboxylic acids is 1. The van der Waals surface area contributed by atoms with Crippen LogP contribution in [0.2, 0.25) is 0 Å². The average molecular weight is 326 g/mol. The summed E-state index contributed by atoms with van der Waals surface area (Å²) in [4.78, 5) is 29.4. The number of carboxylic acid groups (broad SMARTS) is 1. The number of pyridine rings is 1. The molecular weight excluding hydrogens is 308 g/mol. The molecule has 2 aromatic rings. The Morgan fingerprint density at radius 3 is 2.58 bits per heavy atom. The first-order valence-corrected chi connectivity index (χ1v) is 7.73. The zero-order valence-corrected chi connectivity index (χ0v) is 13.3. The van der Waals surface area contributed by atoms with Crippen LogP contribution in [0.15, 0.2) is 48.7 Å². The number of hydrogen-bond donors (Lipinski definition) is 1. The molecule has 0 bridgehead atoms. The lowest BCUT2D eigenvalue weighted by molar-refractivity contribution is -0.0447. The first-order valence-electron chi connectivity index (χ1n) is 7.73. The summed E-state index contributed by atoms with van der Waals surface area (Å²) < 4.78 is 5.72. The highest BCUT2D eigenvalue weighted by atomic mass is 16.5. The van der Waals surface area contributed by atoms with E-state index in [9.17, 15) is 9.59 Å². The van der Waals surface area contributed by atoms with Crippen molar-refractivity contribution in [1.82, 2.24) is 9.88 Å². The lowest BCUT2D eigenvalue weighted by Gasteiger charge is -2.39. The molecule has 1 amide bonds. The molecule has 124 valence electrons. The van der Waals surface area contributed by atoms with E-state index in [2.05, 4.69) is 4.98 Å². The molecule has 24 heavy (non-hydrogen) atoms. The Balaban J connectivity index is 1.88. The number of hydrogen-bond acceptors (Lipinski definition) is 4. The topological polar surface area (TPSA) is 79.7 Å².